The molecule has 0 fully saturated rings. The minimum atomic E-state index is -0.762. The highest BCUT2D eigenvalue weighted by Gasteiger charge is 2.19. The van der Waals surface area contributed by atoms with Crippen LogP contribution in [0.25, 0.3) is 10.9 Å². The van der Waals surface area contributed by atoms with Crippen LogP contribution in [0.5, 0.6) is 17.4 Å². The molecule has 9 nitrogen and oxygen atoms in total. The molecule has 9 heteroatoms. The lowest BCUT2D eigenvalue weighted by molar-refractivity contribution is -0.116. The number of phenols is 1. The standard InChI is InChI=1S/C25H22N4O5/c1-2-34-17-13-11-16(12-14-17)26-22(31)15-29-20-9-5-3-7-18(20)23(25(29)33)27-28-24(32)19-8-4-6-10-21(19)30/h3-14,30,33H,2,15H2,1H3,(H,26,31). The van der Waals surface area contributed by atoms with Crippen molar-refractivity contribution in [3.05, 3.63) is 78.4 Å². The number of rotatable bonds is 7. The molecule has 1 heterocycles. The molecule has 0 spiro atoms. The molecule has 0 saturated carbocycles. The van der Waals surface area contributed by atoms with Crippen LogP contribution in [0.2, 0.25) is 0 Å². The van der Waals surface area contributed by atoms with Crippen LogP contribution in [-0.2, 0) is 11.3 Å². The zero-order chi connectivity index (χ0) is 24.1. The number of nitrogens with zero attached hydrogens (tertiary/aromatic N) is 3. The Labute approximate surface area is 194 Å². The van der Waals surface area contributed by atoms with Crippen molar-refractivity contribution >= 4 is 34.1 Å². The number of hydrogen-bond donors (Lipinski definition) is 3. The fourth-order valence-electron chi connectivity index (χ4n) is 3.48. The van der Waals surface area contributed by atoms with Crippen molar-refractivity contribution in [2.75, 3.05) is 11.9 Å². The Morgan fingerprint density at radius 3 is 2.41 bits per heavy atom. The van der Waals surface area contributed by atoms with Gasteiger partial charge in [-0.25, -0.2) is 0 Å². The minimum absolute atomic E-state index is 0.00999. The van der Waals surface area contributed by atoms with Gasteiger partial charge in [0, 0.05) is 11.1 Å². The maximum absolute atomic E-state index is 12.7. The van der Waals surface area contributed by atoms with Gasteiger partial charge in [-0.2, -0.15) is 0 Å². The third-order valence-electron chi connectivity index (χ3n) is 5.04. The van der Waals surface area contributed by atoms with E-state index in [0.29, 0.717) is 28.9 Å². The largest absolute Gasteiger partial charge is 0.507 e. The van der Waals surface area contributed by atoms with Crippen LogP contribution in [0.15, 0.2) is 83.0 Å². The molecule has 3 N–H and O–H groups in total. The smallest absolute Gasteiger partial charge is 0.299 e. The van der Waals surface area contributed by atoms with Gasteiger partial charge in [-0.05, 0) is 49.4 Å². The zero-order valence-corrected chi connectivity index (χ0v) is 18.3. The van der Waals surface area contributed by atoms with E-state index >= 15 is 0 Å². The molecular weight excluding hydrogens is 436 g/mol. The van der Waals surface area contributed by atoms with Crippen molar-refractivity contribution < 1.29 is 24.5 Å². The third kappa shape index (κ3) is 4.73. The quantitative estimate of drug-likeness (QED) is 0.336. The number of amides is 2. The van der Waals surface area contributed by atoms with Crippen LogP contribution < -0.4 is 10.1 Å². The summed E-state index contributed by atoms with van der Waals surface area (Å²) in [5.41, 5.74) is 1.17. The molecule has 0 aliphatic carbocycles. The molecule has 1 aromatic heterocycles. The van der Waals surface area contributed by atoms with Crippen molar-refractivity contribution in [1.82, 2.24) is 4.57 Å². The Kier molecular flexibility index (Phi) is 6.54. The van der Waals surface area contributed by atoms with Crippen molar-refractivity contribution in [1.29, 1.82) is 0 Å². The Morgan fingerprint density at radius 1 is 0.971 bits per heavy atom. The minimum Gasteiger partial charge on any atom is -0.507 e. The van der Waals surface area contributed by atoms with Crippen molar-refractivity contribution in [2.24, 2.45) is 10.2 Å². The number of phenolic OH excluding ortho intramolecular Hbond substituents is 1. The van der Waals surface area contributed by atoms with E-state index in [-0.39, 0.29) is 35.3 Å². The number of aromatic hydroxyl groups is 2. The summed E-state index contributed by atoms with van der Waals surface area (Å²) in [6.07, 6.45) is 0. The second-order valence-electron chi connectivity index (χ2n) is 7.30. The lowest BCUT2D eigenvalue weighted by atomic mass is 10.2. The Hall–Kier alpha value is -4.66. The van der Waals surface area contributed by atoms with E-state index in [2.05, 4.69) is 15.5 Å². The van der Waals surface area contributed by atoms with E-state index in [9.17, 15) is 19.8 Å². The summed E-state index contributed by atoms with van der Waals surface area (Å²) in [5, 5.41) is 31.5. The molecule has 0 aliphatic heterocycles. The summed E-state index contributed by atoms with van der Waals surface area (Å²) in [7, 11) is 0. The van der Waals surface area contributed by atoms with Gasteiger partial charge in [0.1, 0.15) is 18.0 Å². The average Bonchev–Trinajstić information content (AvgIpc) is 3.10. The number of aromatic nitrogens is 1. The number of carbonyl (C=O) groups excluding carboxylic acids is 2. The molecule has 4 aromatic rings. The lowest BCUT2D eigenvalue weighted by Gasteiger charge is -2.09. The Bertz CT molecular complexity index is 1380. The molecular formula is C25H22N4O5. The molecule has 34 heavy (non-hydrogen) atoms. The van der Waals surface area contributed by atoms with Crippen LogP contribution in [0.1, 0.15) is 17.3 Å². The van der Waals surface area contributed by atoms with Crippen LogP contribution in [0.4, 0.5) is 11.4 Å². The van der Waals surface area contributed by atoms with Crippen LogP contribution in [-0.4, -0.2) is 33.2 Å². The molecule has 3 aromatic carbocycles. The summed E-state index contributed by atoms with van der Waals surface area (Å²) < 4.78 is 6.78. The maximum Gasteiger partial charge on any atom is 0.299 e. The van der Waals surface area contributed by atoms with Gasteiger partial charge in [-0.3, -0.25) is 9.59 Å². The molecule has 0 saturated heterocycles. The van der Waals surface area contributed by atoms with Crippen LogP contribution >= 0.6 is 0 Å². The van der Waals surface area contributed by atoms with Crippen LogP contribution in [0, 0.1) is 0 Å². The summed E-state index contributed by atoms with van der Waals surface area (Å²) in [6, 6.07) is 19.9. The van der Waals surface area contributed by atoms with Crippen LogP contribution in [0.3, 0.4) is 0 Å². The van der Waals surface area contributed by atoms with Gasteiger partial charge in [0.2, 0.25) is 11.8 Å². The fourth-order valence-corrected chi connectivity index (χ4v) is 3.48. The number of carbonyl (C=O) groups is 2. The van der Waals surface area contributed by atoms with E-state index in [0.717, 1.165) is 0 Å². The summed E-state index contributed by atoms with van der Waals surface area (Å²) in [6.45, 7) is 2.24. The highest BCUT2D eigenvalue weighted by atomic mass is 16.5. The Morgan fingerprint density at radius 2 is 1.68 bits per heavy atom. The molecule has 172 valence electrons. The topological polar surface area (TPSA) is 126 Å². The van der Waals surface area contributed by atoms with Gasteiger partial charge in [0.05, 0.1) is 17.7 Å². The molecule has 0 radical (unpaired) electrons. The van der Waals surface area contributed by atoms with Gasteiger partial charge in [-0.1, -0.05) is 30.3 Å². The number of fused-ring (bicyclic) bond motifs is 1. The first kappa shape index (κ1) is 22.5. The summed E-state index contributed by atoms with van der Waals surface area (Å²) >= 11 is 0. The SMILES string of the molecule is CCOc1ccc(NC(=O)Cn2c(O)c(N=NC(=O)c3ccccc3O)c3ccccc32)cc1. The third-order valence-corrected chi connectivity index (χ3v) is 5.04. The van der Waals surface area contributed by atoms with Crippen molar-refractivity contribution in [3.63, 3.8) is 0 Å². The molecule has 0 aliphatic rings. The van der Waals surface area contributed by atoms with E-state index in [1.54, 1.807) is 60.7 Å². The number of hydrogen-bond acceptors (Lipinski definition) is 6. The first-order valence-corrected chi connectivity index (χ1v) is 10.5. The molecule has 0 atom stereocenters. The predicted octanol–water partition coefficient (Wildman–Crippen LogP) is 5.01. The first-order chi connectivity index (χ1) is 16.5. The normalized spacial score (nSPS) is 11.1. The lowest BCUT2D eigenvalue weighted by Crippen LogP contribution is -2.18. The van der Waals surface area contributed by atoms with E-state index in [4.69, 9.17) is 4.74 Å². The van der Waals surface area contributed by atoms with E-state index < -0.39 is 5.91 Å². The summed E-state index contributed by atoms with van der Waals surface area (Å²) in [5.74, 6) is -0.958. The molecule has 0 unspecified atom stereocenters. The van der Waals surface area contributed by atoms with Gasteiger partial charge in [0.15, 0.2) is 5.69 Å². The fraction of sp³-hybridized carbons (Fsp3) is 0.120. The van der Waals surface area contributed by atoms with Crippen molar-refractivity contribution in [3.8, 4) is 17.4 Å². The van der Waals surface area contributed by atoms with E-state index in [1.807, 2.05) is 6.92 Å². The highest BCUT2D eigenvalue weighted by molar-refractivity contribution is 5.99. The first-order valence-electron chi connectivity index (χ1n) is 10.5. The summed E-state index contributed by atoms with van der Waals surface area (Å²) in [4.78, 5) is 25.0. The zero-order valence-electron chi connectivity index (χ0n) is 18.3. The average molecular weight is 458 g/mol. The highest BCUT2D eigenvalue weighted by Crippen LogP contribution is 2.39. The molecule has 2 amide bonds. The van der Waals surface area contributed by atoms with Gasteiger partial charge in [0.25, 0.3) is 5.91 Å². The number of benzene rings is 3. The number of anilines is 1. The number of para-hydroxylation sites is 2. The Balaban J connectivity index is 1.58. The second-order valence-corrected chi connectivity index (χ2v) is 7.30. The second kappa shape index (κ2) is 9.86. The van der Waals surface area contributed by atoms with Crippen molar-refractivity contribution in [2.45, 2.75) is 13.5 Å². The molecule has 4 rings (SSSR count). The van der Waals surface area contributed by atoms with Gasteiger partial charge >= 0.3 is 0 Å². The maximum atomic E-state index is 12.7. The van der Waals surface area contributed by atoms with E-state index in [1.165, 1.54) is 16.7 Å². The van der Waals surface area contributed by atoms with Gasteiger partial charge < -0.3 is 24.8 Å². The monoisotopic (exact) mass is 458 g/mol. The van der Waals surface area contributed by atoms with Gasteiger partial charge in [-0.15, -0.1) is 10.2 Å². The number of nitrogens with one attached hydrogen (secondary N) is 1. The predicted molar refractivity (Wildman–Crippen MR) is 127 cm³/mol. The number of ether oxygens (including phenoxy) is 1. The number of azo groups is 1. The molecule has 0 bridgehead atoms.